The van der Waals surface area contributed by atoms with Crippen molar-refractivity contribution in [3.05, 3.63) is 41.7 Å². The second-order valence-corrected chi connectivity index (χ2v) is 5.57. The highest BCUT2D eigenvalue weighted by molar-refractivity contribution is 5.96. The van der Waals surface area contributed by atoms with Crippen molar-refractivity contribution < 1.29 is 9.59 Å². The zero-order chi connectivity index (χ0) is 16.2. The van der Waals surface area contributed by atoms with Crippen LogP contribution < -0.4 is 10.6 Å². The van der Waals surface area contributed by atoms with Crippen molar-refractivity contribution in [3.63, 3.8) is 0 Å². The summed E-state index contributed by atoms with van der Waals surface area (Å²) >= 11 is 0. The number of hydrogen-bond acceptors (Lipinski definition) is 4. The van der Waals surface area contributed by atoms with Gasteiger partial charge >= 0.3 is 0 Å². The number of aromatic nitrogens is 3. The van der Waals surface area contributed by atoms with E-state index in [2.05, 4.69) is 20.8 Å². The summed E-state index contributed by atoms with van der Waals surface area (Å²) in [5.74, 6) is -0.504. The van der Waals surface area contributed by atoms with E-state index in [1.54, 1.807) is 6.92 Å². The number of aryl methyl sites for hydroxylation is 1. The van der Waals surface area contributed by atoms with Crippen molar-refractivity contribution in [2.45, 2.75) is 32.2 Å². The first-order valence-corrected chi connectivity index (χ1v) is 7.73. The van der Waals surface area contributed by atoms with E-state index >= 15 is 0 Å². The molecule has 0 bridgehead atoms. The lowest BCUT2D eigenvalue weighted by Gasteiger charge is -2.14. The molecule has 1 aromatic carbocycles. The molecule has 1 aliphatic rings. The van der Waals surface area contributed by atoms with E-state index in [1.807, 2.05) is 30.3 Å². The molecular formula is C16H19N5O2. The van der Waals surface area contributed by atoms with E-state index in [-0.39, 0.29) is 17.5 Å². The summed E-state index contributed by atoms with van der Waals surface area (Å²) in [6, 6.07) is 8.87. The molecule has 0 spiro atoms. The fraction of sp³-hybridized carbons (Fsp3) is 0.375. The summed E-state index contributed by atoms with van der Waals surface area (Å²) in [5.41, 5.74) is 1.55. The molecule has 2 N–H and O–H groups in total. The summed E-state index contributed by atoms with van der Waals surface area (Å²) in [5, 5.41) is 14.1. The van der Waals surface area contributed by atoms with Crippen LogP contribution in [0.4, 0.5) is 0 Å². The molecule has 2 aromatic rings. The standard InChI is InChI=1S/C16H19N5O2/c1-11-14(20-21(19-11)12-7-3-2-4-8-12)16(23)18-13-9-5-6-10-17-15(13)22/h2-4,7-8,13H,5-6,9-10H2,1H3,(H,17,22)(H,18,23). The van der Waals surface area contributed by atoms with Crippen LogP contribution in [0.25, 0.3) is 5.69 Å². The monoisotopic (exact) mass is 313 g/mol. The quantitative estimate of drug-likeness (QED) is 0.884. The molecule has 1 fully saturated rings. The number of nitrogens with zero attached hydrogens (tertiary/aromatic N) is 3. The lowest BCUT2D eigenvalue weighted by molar-refractivity contribution is -0.122. The van der Waals surface area contributed by atoms with Gasteiger partial charge in [-0.05, 0) is 38.3 Å². The Kier molecular flexibility index (Phi) is 4.36. The van der Waals surface area contributed by atoms with Crippen LogP contribution in [-0.2, 0) is 4.79 Å². The molecule has 1 aliphatic heterocycles. The van der Waals surface area contributed by atoms with Crippen molar-refractivity contribution in [1.29, 1.82) is 0 Å². The summed E-state index contributed by atoms with van der Waals surface area (Å²) in [6.07, 6.45) is 2.48. The molecule has 0 saturated carbocycles. The minimum Gasteiger partial charge on any atom is -0.354 e. The first-order valence-electron chi connectivity index (χ1n) is 7.73. The topological polar surface area (TPSA) is 88.9 Å². The third-order valence-corrected chi connectivity index (χ3v) is 3.82. The van der Waals surface area contributed by atoms with E-state index in [0.29, 0.717) is 18.7 Å². The molecule has 7 nitrogen and oxygen atoms in total. The van der Waals surface area contributed by atoms with Gasteiger partial charge in [0, 0.05) is 6.54 Å². The van der Waals surface area contributed by atoms with E-state index in [0.717, 1.165) is 18.5 Å². The minimum absolute atomic E-state index is 0.135. The van der Waals surface area contributed by atoms with Crippen LogP contribution in [0, 0.1) is 6.92 Å². The van der Waals surface area contributed by atoms with Crippen LogP contribution in [0.15, 0.2) is 30.3 Å². The molecule has 0 radical (unpaired) electrons. The number of amides is 2. The zero-order valence-electron chi connectivity index (χ0n) is 13.0. The zero-order valence-corrected chi connectivity index (χ0v) is 13.0. The number of rotatable bonds is 3. The maximum absolute atomic E-state index is 12.4. The second kappa shape index (κ2) is 6.60. The average Bonchev–Trinajstić information content (AvgIpc) is 2.84. The van der Waals surface area contributed by atoms with Gasteiger partial charge in [-0.15, -0.1) is 5.10 Å². The third-order valence-electron chi connectivity index (χ3n) is 3.82. The van der Waals surface area contributed by atoms with E-state index in [4.69, 9.17) is 0 Å². The Bertz CT molecular complexity index is 711. The lowest BCUT2D eigenvalue weighted by Crippen LogP contribution is -2.45. The maximum Gasteiger partial charge on any atom is 0.274 e. The van der Waals surface area contributed by atoms with Crippen LogP contribution in [0.3, 0.4) is 0 Å². The van der Waals surface area contributed by atoms with E-state index in [9.17, 15) is 9.59 Å². The van der Waals surface area contributed by atoms with Gasteiger partial charge in [0.15, 0.2) is 5.69 Å². The third kappa shape index (κ3) is 3.39. The molecular weight excluding hydrogens is 294 g/mol. The minimum atomic E-state index is -0.508. The Hall–Kier alpha value is -2.70. The molecule has 1 saturated heterocycles. The predicted molar refractivity (Wildman–Crippen MR) is 84.2 cm³/mol. The fourth-order valence-corrected chi connectivity index (χ4v) is 2.57. The predicted octanol–water partition coefficient (Wildman–Crippen LogP) is 0.974. The number of benzene rings is 1. The average molecular weight is 313 g/mol. The molecule has 0 aliphatic carbocycles. The van der Waals surface area contributed by atoms with Gasteiger partial charge in [0.05, 0.1) is 11.4 Å². The van der Waals surface area contributed by atoms with Gasteiger partial charge in [-0.25, -0.2) is 0 Å². The Morgan fingerprint density at radius 1 is 1.26 bits per heavy atom. The second-order valence-electron chi connectivity index (χ2n) is 5.57. The Morgan fingerprint density at radius 2 is 2.04 bits per heavy atom. The highest BCUT2D eigenvalue weighted by atomic mass is 16.2. The normalized spacial score (nSPS) is 18.1. The van der Waals surface area contributed by atoms with Crippen molar-refractivity contribution >= 4 is 11.8 Å². The molecule has 3 rings (SSSR count). The summed E-state index contributed by atoms with van der Waals surface area (Å²) in [4.78, 5) is 25.8. The van der Waals surface area contributed by atoms with Crippen LogP contribution in [-0.4, -0.2) is 39.4 Å². The molecule has 2 heterocycles. The van der Waals surface area contributed by atoms with Gasteiger partial charge in [-0.1, -0.05) is 18.2 Å². The number of hydrogen-bond donors (Lipinski definition) is 2. The van der Waals surface area contributed by atoms with Gasteiger partial charge < -0.3 is 10.6 Å². The smallest absolute Gasteiger partial charge is 0.274 e. The van der Waals surface area contributed by atoms with Crippen LogP contribution in [0.1, 0.15) is 35.4 Å². The molecule has 120 valence electrons. The first kappa shape index (κ1) is 15.2. The van der Waals surface area contributed by atoms with Gasteiger partial charge in [0.25, 0.3) is 5.91 Å². The van der Waals surface area contributed by atoms with Crippen molar-refractivity contribution in [2.75, 3.05) is 6.54 Å². The molecule has 1 atom stereocenters. The summed E-state index contributed by atoms with van der Waals surface area (Å²) < 4.78 is 0. The molecule has 1 unspecified atom stereocenters. The highest BCUT2D eigenvalue weighted by Gasteiger charge is 2.25. The fourth-order valence-electron chi connectivity index (χ4n) is 2.57. The SMILES string of the molecule is Cc1nn(-c2ccccc2)nc1C(=O)NC1CCCCNC1=O. The highest BCUT2D eigenvalue weighted by Crippen LogP contribution is 2.10. The number of para-hydroxylation sites is 1. The van der Waals surface area contributed by atoms with Gasteiger partial charge in [-0.2, -0.15) is 9.90 Å². The van der Waals surface area contributed by atoms with Crippen molar-refractivity contribution in [1.82, 2.24) is 25.6 Å². The summed E-state index contributed by atoms with van der Waals surface area (Å²) in [6.45, 7) is 2.39. The first-order chi connectivity index (χ1) is 11.1. The molecule has 23 heavy (non-hydrogen) atoms. The molecule has 1 aromatic heterocycles. The molecule has 2 amide bonds. The van der Waals surface area contributed by atoms with Crippen LogP contribution in [0.5, 0.6) is 0 Å². The van der Waals surface area contributed by atoms with E-state index in [1.165, 1.54) is 4.80 Å². The van der Waals surface area contributed by atoms with Crippen molar-refractivity contribution in [2.24, 2.45) is 0 Å². The Labute approximate surface area is 134 Å². The van der Waals surface area contributed by atoms with E-state index < -0.39 is 6.04 Å². The van der Waals surface area contributed by atoms with Gasteiger partial charge in [0.2, 0.25) is 5.91 Å². The van der Waals surface area contributed by atoms with Crippen LogP contribution in [0.2, 0.25) is 0 Å². The van der Waals surface area contributed by atoms with Gasteiger partial charge in [0.1, 0.15) is 6.04 Å². The van der Waals surface area contributed by atoms with Crippen LogP contribution >= 0.6 is 0 Å². The summed E-state index contributed by atoms with van der Waals surface area (Å²) in [7, 11) is 0. The Morgan fingerprint density at radius 3 is 2.83 bits per heavy atom. The maximum atomic E-state index is 12.4. The number of carbonyl (C=O) groups excluding carboxylic acids is 2. The lowest BCUT2D eigenvalue weighted by atomic mass is 10.1. The molecule has 7 heteroatoms. The number of nitrogens with one attached hydrogen (secondary N) is 2. The Balaban J connectivity index is 1.77. The largest absolute Gasteiger partial charge is 0.354 e. The van der Waals surface area contributed by atoms with Crippen molar-refractivity contribution in [3.8, 4) is 5.69 Å². The van der Waals surface area contributed by atoms with Gasteiger partial charge in [-0.3, -0.25) is 9.59 Å². The number of carbonyl (C=O) groups is 2.